The summed E-state index contributed by atoms with van der Waals surface area (Å²) < 4.78 is 16.8. The van der Waals surface area contributed by atoms with E-state index < -0.39 is 6.10 Å². The molecule has 0 aromatic rings. The van der Waals surface area contributed by atoms with Crippen LogP contribution in [0, 0.1) is 0 Å². The van der Waals surface area contributed by atoms with Crippen LogP contribution in [0.2, 0.25) is 0 Å². The fourth-order valence-corrected chi connectivity index (χ4v) is 8.63. The molecule has 0 aliphatic rings. The summed E-state index contributed by atoms with van der Waals surface area (Å²) in [6, 6.07) is 0. The fraction of sp³-hybridized carbons (Fsp3) is 0.797. The van der Waals surface area contributed by atoms with Crippen LogP contribution in [0.3, 0.4) is 0 Å². The molecule has 0 saturated heterocycles. The summed E-state index contributed by atoms with van der Waals surface area (Å²) in [6.07, 6.45) is 73.9. The topological polar surface area (TPSA) is 78.9 Å². The highest BCUT2D eigenvalue weighted by atomic mass is 16.6. The molecule has 0 radical (unpaired) electrons. The number of unbranched alkanes of at least 4 members (excludes halogenated alkanes) is 34. The molecule has 0 amide bonds. The van der Waals surface area contributed by atoms with Gasteiger partial charge in [-0.15, -0.1) is 0 Å². The van der Waals surface area contributed by atoms with Crippen molar-refractivity contribution in [3.63, 3.8) is 0 Å². The molecule has 6 heteroatoms. The molecule has 0 spiro atoms. The lowest BCUT2D eigenvalue weighted by Crippen LogP contribution is -2.30. The van der Waals surface area contributed by atoms with E-state index in [1.807, 2.05) is 0 Å². The van der Waals surface area contributed by atoms with Crippen LogP contribution < -0.4 is 0 Å². The van der Waals surface area contributed by atoms with Crippen molar-refractivity contribution >= 4 is 17.9 Å². The summed E-state index contributed by atoms with van der Waals surface area (Å²) in [5, 5.41) is 0. The van der Waals surface area contributed by atoms with Crippen LogP contribution in [0.1, 0.15) is 310 Å². The van der Waals surface area contributed by atoms with E-state index in [1.54, 1.807) is 0 Å². The van der Waals surface area contributed by atoms with Crippen molar-refractivity contribution in [3.8, 4) is 0 Å². The van der Waals surface area contributed by atoms with Crippen LogP contribution >= 0.6 is 0 Å². The number of esters is 3. The van der Waals surface area contributed by atoms with Gasteiger partial charge in [-0.1, -0.05) is 255 Å². The molecule has 0 aliphatic heterocycles. The fourth-order valence-electron chi connectivity index (χ4n) is 8.63. The Balaban J connectivity index is 4.11. The van der Waals surface area contributed by atoms with E-state index in [0.717, 1.165) is 109 Å². The van der Waals surface area contributed by atoms with E-state index in [4.69, 9.17) is 14.2 Å². The predicted molar refractivity (Wildman–Crippen MR) is 302 cm³/mol. The molecule has 0 fully saturated rings. The van der Waals surface area contributed by atoms with Crippen LogP contribution in [0.4, 0.5) is 0 Å². The normalized spacial score (nSPS) is 12.4. The van der Waals surface area contributed by atoms with Gasteiger partial charge >= 0.3 is 17.9 Å². The van der Waals surface area contributed by atoms with E-state index in [0.29, 0.717) is 19.3 Å². The van der Waals surface area contributed by atoms with Crippen molar-refractivity contribution in [2.24, 2.45) is 0 Å². The average molecular weight is 980 g/mol. The summed E-state index contributed by atoms with van der Waals surface area (Å²) >= 11 is 0. The number of ether oxygens (including phenoxy) is 3. The second kappa shape index (κ2) is 58.7. The Morgan fingerprint density at radius 1 is 0.286 bits per heavy atom. The Hall–Kier alpha value is -2.89. The van der Waals surface area contributed by atoms with Gasteiger partial charge in [0.1, 0.15) is 13.2 Å². The smallest absolute Gasteiger partial charge is 0.306 e. The predicted octanol–water partition coefficient (Wildman–Crippen LogP) is 20.4. The highest BCUT2D eigenvalue weighted by molar-refractivity contribution is 5.71. The van der Waals surface area contributed by atoms with Gasteiger partial charge in [0.2, 0.25) is 0 Å². The summed E-state index contributed by atoms with van der Waals surface area (Å²) in [4.78, 5) is 38.0. The van der Waals surface area contributed by atoms with Gasteiger partial charge in [-0.3, -0.25) is 14.4 Å². The number of hydrogen-bond acceptors (Lipinski definition) is 6. The molecule has 0 aliphatic carbocycles. The van der Waals surface area contributed by atoms with Crippen molar-refractivity contribution < 1.29 is 28.6 Å². The largest absolute Gasteiger partial charge is 0.462 e. The lowest BCUT2D eigenvalue weighted by Gasteiger charge is -2.18. The third-order valence-corrected chi connectivity index (χ3v) is 13.2. The van der Waals surface area contributed by atoms with Crippen LogP contribution in [0.25, 0.3) is 0 Å². The molecule has 0 aromatic heterocycles. The summed E-state index contributed by atoms with van der Waals surface area (Å²) in [6.45, 7) is 6.51. The Labute approximate surface area is 434 Å². The Kier molecular flexibility index (Phi) is 56.3. The third-order valence-electron chi connectivity index (χ3n) is 13.2. The van der Waals surface area contributed by atoms with Gasteiger partial charge < -0.3 is 14.2 Å². The number of rotatable bonds is 55. The number of carbonyl (C=O) groups is 3. The van der Waals surface area contributed by atoms with E-state index in [-0.39, 0.29) is 31.1 Å². The molecule has 0 aromatic carbocycles. The lowest BCUT2D eigenvalue weighted by atomic mass is 10.0. The van der Waals surface area contributed by atoms with E-state index in [1.165, 1.54) is 161 Å². The van der Waals surface area contributed by atoms with Gasteiger partial charge in [0.05, 0.1) is 0 Å². The molecule has 0 heterocycles. The molecule has 0 bridgehead atoms. The summed E-state index contributed by atoms with van der Waals surface area (Å²) in [5.74, 6) is -0.896. The minimum absolute atomic E-state index is 0.0806. The first kappa shape index (κ1) is 67.1. The zero-order chi connectivity index (χ0) is 50.7. The molecule has 0 rings (SSSR count). The Morgan fingerprint density at radius 2 is 0.543 bits per heavy atom. The molecule has 0 N–H and O–H groups in total. The second-order valence-electron chi connectivity index (χ2n) is 20.2. The second-order valence-corrected chi connectivity index (χ2v) is 20.2. The molecule has 0 saturated carbocycles. The maximum absolute atomic E-state index is 12.8. The highest BCUT2D eigenvalue weighted by Gasteiger charge is 2.19. The lowest BCUT2D eigenvalue weighted by molar-refractivity contribution is -0.167. The van der Waals surface area contributed by atoms with Gasteiger partial charge in [0.25, 0.3) is 0 Å². The Bertz CT molecular complexity index is 1260. The minimum atomic E-state index is -0.782. The highest BCUT2D eigenvalue weighted by Crippen LogP contribution is 2.16. The zero-order valence-electron chi connectivity index (χ0n) is 46.5. The zero-order valence-corrected chi connectivity index (χ0v) is 46.5. The maximum Gasteiger partial charge on any atom is 0.306 e. The van der Waals surface area contributed by atoms with Gasteiger partial charge in [-0.05, 0) is 96.3 Å². The van der Waals surface area contributed by atoms with Crippen molar-refractivity contribution in [1.29, 1.82) is 0 Å². The molecular formula is C64H114O6. The van der Waals surface area contributed by atoms with Crippen molar-refractivity contribution in [2.45, 2.75) is 316 Å². The molecule has 6 nitrogen and oxygen atoms in total. The molecular weight excluding hydrogens is 865 g/mol. The maximum atomic E-state index is 12.8. The number of hydrogen-bond donors (Lipinski definition) is 0. The molecule has 1 atom stereocenters. The first-order valence-electron chi connectivity index (χ1n) is 30.3. The summed E-state index contributed by atoms with van der Waals surface area (Å²) in [5.41, 5.74) is 0. The Morgan fingerprint density at radius 3 is 0.871 bits per heavy atom. The van der Waals surface area contributed by atoms with Crippen LogP contribution in [-0.2, 0) is 28.6 Å². The van der Waals surface area contributed by atoms with Gasteiger partial charge in [0.15, 0.2) is 6.10 Å². The van der Waals surface area contributed by atoms with E-state index >= 15 is 0 Å². The van der Waals surface area contributed by atoms with Gasteiger partial charge in [-0.2, -0.15) is 0 Å². The van der Waals surface area contributed by atoms with Crippen LogP contribution in [0.15, 0.2) is 60.8 Å². The SMILES string of the molecule is CCC/C=C\C/C=C\CCCCCCCC(=O)OC(COC(=O)CCCCCCC/C=C\CCC)COC(=O)CCCCCCCCCCCCCCCCCCC/C=C\C/C=C\CCCCCCC. The van der Waals surface area contributed by atoms with Gasteiger partial charge in [0, 0.05) is 19.3 Å². The van der Waals surface area contributed by atoms with Gasteiger partial charge in [-0.25, -0.2) is 0 Å². The standard InChI is InChI=1S/C64H114O6/c1-4-7-10-13-16-19-22-24-25-26-27-28-29-30-31-32-33-34-35-36-37-38-39-41-42-45-48-51-54-57-63(66)69-60-61(59-68-62(65)56-53-50-47-44-21-18-15-12-9-6-3)70-64(67)58-55-52-49-46-43-40-23-20-17-14-11-8-5-2/h11-12,14-15,20,22-24,26-27,61H,4-10,13,16-19,21,25,28-60H2,1-3H3/b14-11-,15-12-,23-20-,24-22-,27-26-. The van der Waals surface area contributed by atoms with Crippen molar-refractivity contribution in [3.05, 3.63) is 60.8 Å². The van der Waals surface area contributed by atoms with Crippen LogP contribution in [-0.4, -0.2) is 37.2 Å². The quantitative estimate of drug-likeness (QED) is 0.0261. The van der Waals surface area contributed by atoms with Crippen molar-refractivity contribution in [1.82, 2.24) is 0 Å². The summed E-state index contributed by atoms with van der Waals surface area (Å²) in [7, 11) is 0. The first-order valence-corrected chi connectivity index (χ1v) is 30.3. The third kappa shape index (κ3) is 56.0. The minimum Gasteiger partial charge on any atom is -0.462 e. The van der Waals surface area contributed by atoms with E-state index in [2.05, 4.69) is 81.5 Å². The van der Waals surface area contributed by atoms with E-state index in [9.17, 15) is 14.4 Å². The first-order chi connectivity index (χ1) is 34.5. The van der Waals surface area contributed by atoms with Crippen molar-refractivity contribution in [2.75, 3.05) is 13.2 Å². The molecule has 406 valence electrons. The number of allylic oxidation sites excluding steroid dienone is 10. The van der Waals surface area contributed by atoms with Crippen LogP contribution in [0.5, 0.6) is 0 Å². The molecule has 70 heavy (non-hydrogen) atoms. The molecule has 1 unspecified atom stereocenters. The average Bonchev–Trinajstić information content (AvgIpc) is 3.36. The monoisotopic (exact) mass is 979 g/mol. The number of carbonyl (C=O) groups excluding carboxylic acids is 3.